The van der Waals surface area contributed by atoms with E-state index in [2.05, 4.69) is 43.7 Å². The number of carbonyl (C=O) groups is 1. The normalized spacial score (nSPS) is 11.2. The highest BCUT2D eigenvalue weighted by Crippen LogP contribution is 2.25. The van der Waals surface area contributed by atoms with Crippen LogP contribution in [-0.2, 0) is 0 Å². The van der Waals surface area contributed by atoms with E-state index in [0.29, 0.717) is 12.1 Å². The molecule has 0 saturated heterocycles. The topological polar surface area (TPSA) is 104 Å². The Kier molecular flexibility index (Phi) is 6.59. The molecule has 0 atom stereocenters. The number of thioether (sulfide) groups is 1. The Balaban J connectivity index is 1.28. The van der Waals surface area contributed by atoms with Gasteiger partial charge in [-0.15, -0.1) is 11.8 Å². The monoisotopic (exact) mass is 431 g/mol. The highest BCUT2D eigenvalue weighted by Gasteiger charge is 2.07. The lowest BCUT2D eigenvalue weighted by Crippen LogP contribution is -2.24. The highest BCUT2D eigenvalue weighted by molar-refractivity contribution is 7.99. The Bertz CT molecular complexity index is 1210. The number of aromatic amines is 1. The Labute approximate surface area is 183 Å². The number of aromatic nitrogens is 4. The minimum atomic E-state index is -0.215. The second-order valence-corrected chi connectivity index (χ2v) is 7.93. The first-order chi connectivity index (χ1) is 15.2. The van der Waals surface area contributed by atoms with E-state index in [1.165, 1.54) is 12.3 Å². The van der Waals surface area contributed by atoms with Crippen LogP contribution in [0.1, 0.15) is 28.2 Å². The van der Waals surface area contributed by atoms with E-state index >= 15 is 0 Å². The molecule has 3 heterocycles. The molecule has 1 aromatic carbocycles. The van der Waals surface area contributed by atoms with Gasteiger partial charge in [-0.25, -0.2) is 4.98 Å². The first-order valence-corrected chi connectivity index (χ1v) is 10.8. The second kappa shape index (κ2) is 9.90. The standard InChI is InChI=1S/C23H21N5O2S/c29-22-14-16(9-12-25-22)23(30)26-11-3-13-31-18-6-7-19-20(27-28-21(19)15-18)8-5-17-4-1-2-10-24-17/h1-2,4-10,12,14-15H,3,11,13H2,(H,25,29)(H,26,30)(H,27,28). The van der Waals surface area contributed by atoms with Crippen molar-refractivity contribution in [3.8, 4) is 5.88 Å². The predicted molar refractivity (Wildman–Crippen MR) is 123 cm³/mol. The number of H-pyrrole nitrogens is 1. The molecule has 0 fully saturated rings. The number of fused-ring (bicyclic) bond motifs is 1. The van der Waals surface area contributed by atoms with Crippen molar-refractivity contribution in [2.45, 2.75) is 11.3 Å². The summed E-state index contributed by atoms with van der Waals surface area (Å²) in [4.78, 5) is 21.1. The van der Waals surface area contributed by atoms with Gasteiger partial charge in [-0.3, -0.25) is 14.9 Å². The van der Waals surface area contributed by atoms with E-state index in [1.807, 2.05) is 30.4 Å². The average molecular weight is 432 g/mol. The van der Waals surface area contributed by atoms with Crippen molar-refractivity contribution in [1.29, 1.82) is 0 Å². The van der Waals surface area contributed by atoms with E-state index in [1.54, 1.807) is 24.0 Å². The van der Waals surface area contributed by atoms with Crippen LogP contribution in [-0.4, -0.2) is 43.5 Å². The molecule has 0 spiro atoms. The molecule has 0 unspecified atom stereocenters. The lowest BCUT2D eigenvalue weighted by molar-refractivity contribution is 0.0953. The van der Waals surface area contributed by atoms with Gasteiger partial charge in [0.25, 0.3) is 5.91 Å². The van der Waals surface area contributed by atoms with E-state index < -0.39 is 0 Å². The van der Waals surface area contributed by atoms with Crippen molar-refractivity contribution in [3.63, 3.8) is 0 Å². The molecular weight excluding hydrogens is 410 g/mol. The maximum Gasteiger partial charge on any atom is 0.251 e. The third kappa shape index (κ3) is 5.49. The highest BCUT2D eigenvalue weighted by atomic mass is 32.2. The van der Waals surface area contributed by atoms with Gasteiger partial charge >= 0.3 is 0 Å². The number of nitrogens with one attached hydrogen (secondary N) is 2. The van der Waals surface area contributed by atoms with Crippen molar-refractivity contribution in [3.05, 3.63) is 77.9 Å². The molecule has 4 aromatic rings. The lowest BCUT2D eigenvalue weighted by Gasteiger charge is -2.05. The van der Waals surface area contributed by atoms with Gasteiger partial charge in [0, 0.05) is 40.8 Å². The summed E-state index contributed by atoms with van der Waals surface area (Å²) in [6, 6.07) is 14.9. The van der Waals surface area contributed by atoms with E-state index in [9.17, 15) is 9.90 Å². The molecule has 0 saturated carbocycles. The smallest absolute Gasteiger partial charge is 0.251 e. The van der Waals surface area contributed by atoms with Crippen molar-refractivity contribution in [2.75, 3.05) is 12.3 Å². The van der Waals surface area contributed by atoms with Gasteiger partial charge in [0.1, 0.15) is 0 Å². The molecule has 0 aliphatic heterocycles. The van der Waals surface area contributed by atoms with Crippen LogP contribution in [0.5, 0.6) is 5.88 Å². The summed E-state index contributed by atoms with van der Waals surface area (Å²) < 4.78 is 0. The largest absolute Gasteiger partial charge is 0.493 e. The van der Waals surface area contributed by atoms with Crippen LogP contribution in [0.4, 0.5) is 0 Å². The molecule has 3 N–H and O–H groups in total. The van der Waals surface area contributed by atoms with E-state index in [0.717, 1.165) is 39.4 Å². The molecule has 7 nitrogen and oxygen atoms in total. The third-order valence-corrected chi connectivity index (χ3v) is 5.63. The zero-order valence-corrected chi connectivity index (χ0v) is 17.5. The number of hydrogen-bond donors (Lipinski definition) is 3. The number of nitrogens with zero attached hydrogens (tertiary/aromatic N) is 3. The zero-order chi connectivity index (χ0) is 21.5. The Morgan fingerprint density at radius 1 is 1.10 bits per heavy atom. The summed E-state index contributed by atoms with van der Waals surface area (Å²) in [6.45, 7) is 0.559. The summed E-state index contributed by atoms with van der Waals surface area (Å²) in [5.41, 5.74) is 3.15. The molecule has 0 aliphatic rings. The van der Waals surface area contributed by atoms with Crippen molar-refractivity contribution in [2.24, 2.45) is 0 Å². The van der Waals surface area contributed by atoms with Crippen LogP contribution in [0.2, 0.25) is 0 Å². The number of rotatable bonds is 8. The Morgan fingerprint density at radius 2 is 2.03 bits per heavy atom. The minimum Gasteiger partial charge on any atom is -0.493 e. The molecule has 1 amide bonds. The molecular formula is C23H21N5O2S. The summed E-state index contributed by atoms with van der Waals surface area (Å²) in [7, 11) is 0. The molecule has 0 radical (unpaired) electrons. The molecule has 31 heavy (non-hydrogen) atoms. The third-order valence-electron chi connectivity index (χ3n) is 4.55. The van der Waals surface area contributed by atoms with E-state index in [4.69, 9.17) is 0 Å². The van der Waals surface area contributed by atoms with Crippen LogP contribution in [0.25, 0.3) is 23.1 Å². The number of amides is 1. The first kappa shape index (κ1) is 20.6. The molecule has 0 aliphatic carbocycles. The fourth-order valence-electron chi connectivity index (χ4n) is 3.00. The van der Waals surface area contributed by atoms with Crippen molar-refractivity contribution >= 4 is 40.7 Å². The number of pyridine rings is 2. The SMILES string of the molecule is O=C(NCCCSc1ccc2c(C=Cc3ccccn3)n[nH]c2c1)c1ccnc(O)c1. The number of benzene rings is 1. The maximum absolute atomic E-state index is 12.0. The lowest BCUT2D eigenvalue weighted by atomic mass is 10.2. The molecule has 0 bridgehead atoms. The van der Waals surface area contributed by atoms with Gasteiger partial charge in [0.15, 0.2) is 0 Å². The number of hydrogen-bond acceptors (Lipinski definition) is 6. The molecule has 156 valence electrons. The average Bonchev–Trinajstić information content (AvgIpc) is 3.20. The fourth-order valence-corrected chi connectivity index (χ4v) is 3.89. The summed E-state index contributed by atoms with van der Waals surface area (Å²) in [5.74, 6) is 0.495. The first-order valence-electron chi connectivity index (χ1n) is 9.82. The quantitative estimate of drug-likeness (QED) is 0.286. The van der Waals surface area contributed by atoms with Crippen LogP contribution in [0.15, 0.2) is 65.8 Å². The summed E-state index contributed by atoms with van der Waals surface area (Å²) in [5, 5.41) is 20.7. The van der Waals surface area contributed by atoms with Gasteiger partial charge in [0.05, 0.1) is 16.9 Å². The van der Waals surface area contributed by atoms with Crippen LogP contribution >= 0.6 is 11.8 Å². The molecule has 3 aromatic heterocycles. The molecule has 4 rings (SSSR count). The van der Waals surface area contributed by atoms with Crippen LogP contribution in [0, 0.1) is 0 Å². The minimum absolute atomic E-state index is 0.159. The zero-order valence-electron chi connectivity index (χ0n) is 16.7. The number of carbonyl (C=O) groups excluding carboxylic acids is 1. The Hall–Kier alpha value is -3.65. The van der Waals surface area contributed by atoms with Gasteiger partial charge < -0.3 is 10.4 Å². The molecule has 8 heteroatoms. The predicted octanol–water partition coefficient (Wildman–Crippen LogP) is 4.14. The summed E-state index contributed by atoms with van der Waals surface area (Å²) in [6.07, 6.45) is 7.90. The van der Waals surface area contributed by atoms with Gasteiger partial charge in [0.2, 0.25) is 5.88 Å². The van der Waals surface area contributed by atoms with Gasteiger partial charge in [-0.2, -0.15) is 5.10 Å². The second-order valence-electron chi connectivity index (χ2n) is 6.76. The van der Waals surface area contributed by atoms with Crippen LogP contribution in [0.3, 0.4) is 0 Å². The van der Waals surface area contributed by atoms with E-state index in [-0.39, 0.29) is 11.8 Å². The van der Waals surface area contributed by atoms with Gasteiger partial charge in [-0.1, -0.05) is 6.07 Å². The number of aromatic hydroxyl groups is 1. The van der Waals surface area contributed by atoms with Gasteiger partial charge in [-0.05, 0) is 60.7 Å². The summed E-state index contributed by atoms with van der Waals surface area (Å²) >= 11 is 1.73. The van der Waals surface area contributed by atoms with Crippen molar-refractivity contribution in [1.82, 2.24) is 25.5 Å². The van der Waals surface area contributed by atoms with Crippen molar-refractivity contribution < 1.29 is 9.90 Å². The fraction of sp³-hybridized carbons (Fsp3) is 0.130. The Morgan fingerprint density at radius 3 is 2.87 bits per heavy atom. The van der Waals surface area contributed by atoms with Crippen LogP contribution < -0.4 is 5.32 Å². The maximum atomic E-state index is 12.0.